The molecule has 0 heterocycles. The smallest absolute Gasteiger partial charge is 0.333 e. The maximum absolute atomic E-state index is 10.8. The molecule has 1 unspecified atom stereocenters. The molecule has 0 radical (unpaired) electrons. The van der Waals surface area contributed by atoms with Gasteiger partial charge in [-0.25, -0.2) is 9.59 Å². The first-order valence-corrected chi connectivity index (χ1v) is 4.56. The lowest BCUT2D eigenvalue weighted by atomic mass is 10.0. The van der Waals surface area contributed by atoms with Gasteiger partial charge >= 0.3 is 11.9 Å². The van der Waals surface area contributed by atoms with Crippen molar-refractivity contribution in [3.05, 3.63) is 0 Å². The maximum atomic E-state index is 10.8. The summed E-state index contributed by atoms with van der Waals surface area (Å²) < 4.78 is 0. The first-order valence-electron chi connectivity index (χ1n) is 4.56. The molecule has 0 amide bonds. The van der Waals surface area contributed by atoms with Crippen molar-refractivity contribution in [3.8, 4) is 0 Å². The van der Waals surface area contributed by atoms with Crippen molar-refractivity contribution in [2.45, 2.75) is 45.2 Å². The van der Waals surface area contributed by atoms with Gasteiger partial charge in [0.15, 0.2) is 11.1 Å². The monoisotopic (exact) mass is 216 g/mol. The second kappa shape index (κ2) is 4.37. The summed E-state index contributed by atoms with van der Waals surface area (Å²) in [6.07, 6.45) is 0.252. The molecule has 86 valence electrons. The second-order valence-corrected chi connectivity index (χ2v) is 4.00. The van der Waals surface area contributed by atoms with Gasteiger partial charge in [0.05, 0.1) is 0 Å². The summed E-state index contributed by atoms with van der Waals surface area (Å²) in [6, 6.07) is 0. The van der Waals surface area contributed by atoms with Gasteiger partial charge in [0.2, 0.25) is 0 Å². The van der Waals surface area contributed by atoms with Gasteiger partial charge < -0.3 is 10.2 Å². The van der Waals surface area contributed by atoms with Gasteiger partial charge in [-0.15, -0.1) is 0 Å². The minimum absolute atomic E-state index is 0.252. The molecular formula is C9H16N2O4. The number of nitrogens with zero attached hydrogens (tertiary/aromatic N) is 2. The van der Waals surface area contributed by atoms with Crippen LogP contribution in [0.25, 0.3) is 0 Å². The average Bonchev–Trinajstić information content (AvgIpc) is 2.13. The molecule has 0 aliphatic carbocycles. The zero-order valence-electron chi connectivity index (χ0n) is 9.31. The highest BCUT2D eigenvalue weighted by Gasteiger charge is 2.34. The Hall–Kier alpha value is -1.46. The molecule has 0 saturated heterocycles. The van der Waals surface area contributed by atoms with Crippen LogP contribution in [0.5, 0.6) is 0 Å². The van der Waals surface area contributed by atoms with Crippen molar-refractivity contribution >= 4 is 11.9 Å². The molecule has 15 heavy (non-hydrogen) atoms. The summed E-state index contributed by atoms with van der Waals surface area (Å²) in [7, 11) is 0. The topological polar surface area (TPSA) is 99.3 Å². The summed E-state index contributed by atoms with van der Waals surface area (Å²) >= 11 is 0. The van der Waals surface area contributed by atoms with E-state index in [1.54, 1.807) is 6.92 Å². The third kappa shape index (κ3) is 3.30. The van der Waals surface area contributed by atoms with E-state index in [-0.39, 0.29) is 6.42 Å². The number of hydrogen-bond donors (Lipinski definition) is 2. The number of hydrogen-bond acceptors (Lipinski definition) is 4. The van der Waals surface area contributed by atoms with Gasteiger partial charge in [-0.2, -0.15) is 10.2 Å². The van der Waals surface area contributed by atoms with Crippen LogP contribution in [0.1, 0.15) is 34.1 Å². The van der Waals surface area contributed by atoms with E-state index in [4.69, 9.17) is 10.2 Å². The number of carboxylic acid groups (broad SMARTS) is 2. The van der Waals surface area contributed by atoms with Gasteiger partial charge in [0, 0.05) is 0 Å². The molecule has 0 aromatic carbocycles. The summed E-state index contributed by atoms with van der Waals surface area (Å²) in [5.74, 6) is -2.26. The Morgan fingerprint density at radius 1 is 1.07 bits per heavy atom. The highest BCUT2D eigenvalue weighted by molar-refractivity contribution is 5.79. The van der Waals surface area contributed by atoms with Crippen molar-refractivity contribution in [2.75, 3.05) is 0 Å². The molecule has 0 spiro atoms. The first-order chi connectivity index (χ1) is 6.65. The van der Waals surface area contributed by atoms with E-state index in [9.17, 15) is 9.59 Å². The lowest BCUT2D eigenvalue weighted by Gasteiger charge is -2.19. The van der Waals surface area contributed by atoms with Crippen molar-refractivity contribution in [1.82, 2.24) is 0 Å². The quantitative estimate of drug-likeness (QED) is 0.681. The lowest BCUT2D eigenvalue weighted by molar-refractivity contribution is -0.144. The molecule has 0 aliphatic rings. The molecule has 0 aliphatic heterocycles. The van der Waals surface area contributed by atoms with Gasteiger partial charge in [-0.1, -0.05) is 6.92 Å². The molecule has 2 N–H and O–H groups in total. The molecule has 0 aromatic heterocycles. The lowest BCUT2D eigenvalue weighted by Crippen LogP contribution is -2.34. The molecule has 0 bridgehead atoms. The predicted octanol–water partition coefficient (Wildman–Crippen LogP) is 1.56. The molecule has 0 aromatic rings. The Bertz CT molecular complexity index is 298. The minimum atomic E-state index is -1.40. The van der Waals surface area contributed by atoms with E-state index in [1.807, 2.05) is 0 Å². The number of azo groups is 1. The van der Waals surface area contributed by atoms with E-state index in [0.717, 1.165) is 0 Å². The van der Waals surface area contributed by atoms with Crippen molar-refractivity contribution in [2.24, 2.45) is 10.2 Å². The van der Waals surface area contributed by atoms with Crippen LogP contribution in [0.4, 0.5) is 0 Å². The normalized spacial score (nSPS) is 16.3. The van der Waals surface area contributed by atoms with E-state index in [1.165, 1.54) is 20.8 Å². The molecule has 6 heteroatoms. The SMILES string of the molecule is CCC(C)(N=NC(C)(C)C(=O)O)C(=O)O. The van der Waals surface area contributed by atoms with Crippen molar-refractivity contribution in [1.29, 1.82) is 0 Å². The summed E-state index contributed by atoms with van der Waals surface area (Å²) in [4.78, 5) is 21.5. The maximum Gasteiger partial charge on any atom is 0.333 e. The number of rotatable bonds is 5. The van der Waals surface area contributed by atoms with Gasteiger partial charge in [0.1, 0.15) is 0 Å². The highest BCUT2D eigenvalue weighted by atomic mass is 16.4. The van der Waals surface area contributed by atoms with Crippen molar-refractivity contribution < 1.29 is 19.8 Å². The molecule has 0 rings (SSSR count). The largest absolute Gasteiger partial charge is 0.479 e. The van der Waals surface area contributed by atoms with Crippen molar-refractivity contribution in [3.63, 3.8) is 0 Å². The minimum Gasteiger partial charge on any atom is -0.479 e. The second-order valence-electron chi connectivity index (χ2n) is 4.00. The van der Waals surface area contributed by atoms with E-state index < -0.39 is 23.0 Å². The Labute approximate surface area is 88.0 Å². The highest BCUT2D eigenvalue weighted by Crippen LogP contribution is 2.19. The van der Waals surface area contributed by atoms with Gasteiger partial charge in [-0.05, 0) is 27.2 Å². The van der Waals surface area contributed by atoms with Crippen LogP contribution in [0.3, 0.4) is 0 Å². The summed E-state index contributed by atoms with van der Waals surface area (Å²) in [6.45, 7) is 5.77. The molecule has 0 fully saturated rings. The van der Waals surface area contributed by atoms with Crippen LogP contribution in [0.15, 0.2) is 10.2 Å². The van der Waals surface area contributed by atoms with E-state index in [0.29, 0.717) is 0 Å². The van der Waals surface area contributed by atoms with Crippen LogP contribution in [0, 0.1) is 0 Å². The zero-order valence-corrected chi connectivity index (χ0v) is 9.31. The fourth-order valence-corrected chi connectivity index (χ4v) is 0.543. The summed E-state index contributed by atoms with van der Waals surface area (Å²) in [5.41, 5.74) is -2.75. The van der Waals surface area contributed by atoms with Crippen LogP contribution in [-0.2, 0) is 9.59 Å². The summed E-state index contributed by atoms with van der Waals surface area (Å²) in [5, 5.41) is 24.8. The number of carboxylic acids is 2. The van der Waals surface area contributed by atoms with Gasteiger partial charge in [0.25, 0.3) is 0 Å². The fraction of sp³-hybridized carbons (Fsp3) is 0.778. The third-order valence-corrected chi connectivity index (χ3v) is 2.19. The molecule has 0 saturated carbocycles. The van der Waals surface area contributed by atoms with Crippen LogP contribution >= 0.6 is 0 Å². The predicted molar refractivity (Wildman–Crippen MR) is 52.9 cm³/mol. The molecule has 6 nitrogen and oxygen atoms in total. The standard InChI is InChI=1S/C9H16N2O4/c1-5-9(4,7(14)15)11-10-8(2,3)6(12)13/h5H2,1-4H3,(H,12,13)(H,14,15). The Morgan fingerprint density at radius 3 is 1.80 bits per heavy atom. The Morgan fingerprint density at radius 2 is 1.53 bits per heavy atom. The van der Waals surface area contributed by atoms with Gasteiger partial charge in [-0.3, -0.25) is 0 Å². The van der Waals surface area contributed by atoms with Crippen LogP contribution in [0.2, 0.25) is 0 Å². The van der Waals surface area contributed by atoms with Crippen LogP contribution < -0.4 is 0 Å². The molecular weight excluding hydrogens is 200 g/mol. The van der Waals surface area contributed by atoms with E-state index in [2.05, 4.69) is 10.2 Å². The Balaban J connectivity index is 4.92. The first kappa shape index (κ1) is 13.5. The van der Waals surface area contributed by atoms with Crippen LogP contribution in [-0.4, -0.2) is 33.2 Å². The zero-order chi connectivity index (χ0) is 12.3. The van der Waals surface area contributed by atoms with E-state index >= 15 is 0 Å². The third-order valence-electron chi connectivity index (χ3n) is 2.19. The number of carbonyl (C=O) groups is 2. The number of aliphatic carboxylic acids is 2. The fourth-order valence-electron chi connectivity index (χ4n) is 0.543. The Kier molecular flexibility index (Phi) is 3.95. The molecule has 1 atom stereocenters. The average molecular weight is 216 g/mol.